The molecule has 2 aromatic heterocycles. The molecule has 0 radical (unpaired) electrons. The largest absolute Gasteiger partial charge is 0.456 e. The van der Waals surface area contributed by atoms with Gasteiger partial charge in [-0.1, -0.05) is 98.5 Å². The van der Waals surface area contributed by atoms with Gasteiger partial charge in [0.1, 0.15) is 11.2 Å². The van der Waals surface area contributed by atoms with E-state index in [2.05, 4.69) is 103 Å². The number of furan rings is 1. The van der Waals surface area contributed by atoms with Crippen LogP contribution in [0.3, 0.4) is 0 Å². The Bertz CT molecular complexity index is 1690. The van der Waals surface area contributed by atoms with Gasteiger partial charge in [-0.3, -0.25) is 4.98 Å². The lowest BCUT2D eigenvalue weighted by molar-refractivity contribution is 0.546. The minimum absolute atomic E-state index is 0.827. The molecule has 1 fully saturated rings. The first-order valence-electron chi connectivity index (χ1n) is 13.4. The molecule has 0 atom stereocenters. The van der Waals surface area contributed by atoms with Gasteiger partial charge in [0.25, 0.3) is 0 Å². The monoisotopic (exact) mass is 479 g/mol. The highest BCUT2D eigenvalue weighted by molar-refractivity contribution is 6.13. The van der Waals surface area contributed by atoms with Crippen LogP contribution < -0.4 is 0 Å². The van der Waals surface area contributed by atoms with Crippen molar-refractivity contribution in [3.63, 3.8) is 0 Å². The summed E-state index contributed by atoms with van der Waals surface area (Å²) in [7, 11) is 0. The quantitative estimate of drug-likeness (QED) is 0.246. The topological polar surface area (TPSA) is 26.0 Å². The third kappa shape index (κ3) is 4.23. The van der Waals surface area contributed by atoms with Crippen LogP contribution in [0.4, 0.5) is 0 Å². The van der Waals surface area contributed by atoms with Crippen molar-refractivity contribution in [2.24, 2.45) is 5.92 Å². The number of fused-ring (bicyclic) bond motifs is 3. The van der Waals surface area contributed by atoms with Gasteiger partial charge in [0, 0.05) is 22.5 Å². The molecule has 0 saturated heterocycles. The van der Waals surface area contributed by atoms with E-state index in [1.165, 1.54) is 58.9 Å². The fourth-order valence-electron chi connectivity index (χ4n) is 6.01. The number of hydrogen-bond acceptors (Lipinski definition) is 2. The highest BCUT2D eigenvalue weighted by Crippen LogP contribution is 2.38. The van der Waals surface area contributed by atoms with Crippen LogP contribution >= 0.6 is 0 Å². The molecule has 2 heteroatoms. The maximum atomic E-state index is 6.38. The number of rotatable bonds is 5. The standard InChI is InChI=1S/C35H29NO/c1-2-9-26(10-3-1)27-13-15-28(16-14-27)30-11-6-12-33-35(30)31-18-17-29(23-34(31)37-33)32-22-25(19-20-36-32)21-24-7-4-5-8-24/h1-3,6,9-20,22-24H,4-5,7-8,21H2. The summed E-state index contributed by atoms with van der Waals surface area (Å²) < 4.78 is 6.38. The Morgan fingerprint density at radius 2 is 1.41 bits per heavy atom. The molecule has 1 saturated carbocycles. The summed E-state index contributed by atoms with van der Waals surface area (Å²) in [6.07, 6.45) is 8.60. The number of hydrogen-bond donors (Lipinski definition) is 0. The van der Waals surface area contributed by atoms with E-state index in [1.807, 2.05) is 6.20 Å². The molecule has 0 unspecified atom stereocenters. The average Bonchev–Trinajstić information content (AvgIpc) is 3.61. The molecule has 180 valence electrons. The lowest BCUT2D eigenvalue weighted by Gasteiger charge is -2.10. The zero-order chi connectivity index (χ0) is 24.6. The molecular formula is C35H29NO. The fourth-order valence-corrected chi connectivity index (χ4v) is 6.01. The summed E-state index contributed by atoms with van der Waals surface area (Å²) >= 11 is 0. The molecule has 37 heavy (non-hydrogen) atoms. The van der Waals surface area contributed by atoms with Crippen LogP contribution in [0.5, 0.6) is 0 Å². The third-order valence-corrected chi connectivity index (χ3v) is 7.92. The highest BCUT2D eigenvalue weighted by Gasteiger charge is 2.17. The van der Waals surface area contributed by atoms with Gasteiger partial charge in [0.15, 0.2) is 0 Å². The first-order valence-corrected chi connectivity index (χ1v) is 13.4. The Morgan fingerprint density at radius 3 is 2.24 bits per heavy atom. The van der Waals surface area contributed by atoms with Gasteiger partial charge in [-0.2, -0.15) is 0 Å². The van der Waals surface area contributed by atoms with Crippen LogP contribution in [-0.4, -0.2) is 4.98 Å². The van der Waals surface area contributed by atoms with E-state index < -0.39 is 0 Å². The first-order chi connectivity index (χ1) is 18.3. The molecule has 0 N–H and O–H groups in total. The number of aromatic nitrogens is 1. The van der Waals surface area contributed by atoms with Crippen LogP contribution in [0, 0.1) is 5.92 Å². The van der Waals surface area contributed by atoms with Gasteiger partial charge in [0.2, 0.25) is 0 Å². The van der Waals surface area contributed by atoms with Gasteiger partial charge in [-0.05, 0) is 70.5 Å². The first kappa shape index (κ1) is 22.1. The van der Waals surface area contributed by atoms with Crippen molar-refractivity contribution in [1.82, 2.24) is 4.98 Å². The molecule has 6 aromatic rings. The second-order valence-electron chi connectivity index (χ2n) is 10.3. The van der Waals surface area contributed by atoms with E-state index in [0.717, 1.165) is 40.1 Å². The Balaban J connectivity index is 1.25. The van der Waals surface area contributed by atoms with Crippen molar-refractivity contribution in [2.45, 2.75) is 32.1 Å². The van der Waals surface area contributed by atoms with Gasteiger partial charge in [-0.25, -0.2) is 0 Å². The summed E-state index contributed by atoms with van der Waals surface area (Å²) in [5.41, 5.74) is 10.2. The predicted molar refractivity (Wildman–Crippen MR) is 153 cm³/mol. The third-order valence-electron chi connectivity index (χ3n) is 7.92. The molecule has 2 nitrogen and oxygen atoms in total. The van der Waals surface area contributed by atoms with Crippen molar-refractivity contribution in [3.05, 3.63) is 115 Å². The van der Waals surface area contributed by atoms with E-state index in [1.54, 1.807) is 0 Å². The van der Waals surface area contributed by atoms with Crippen molar-refractivity contribution >= 4 is 21.9 Å². The van der Waals surface area contributed by atoms with E-state index in [4.69, 9.17) is 9.40 Å². The average molecular weight is 480 g/mol. The summed E-state index contributed by atoms with van der Waals surface area (Å²) in [5, 5.41) is 2.31. The Morgan fingerprint density at radius 1 is 0.649 bits per heavy atom. The smallest absolute Gasteiger partial charge is 0.136 e. The fraction of sp³-hybridized carbons (Fsp3) is 0.171. The normalized spacial score (nSPS) is 14.1. The Hall–Kier alpha value is -4.17. The van der Waals surface area contributed by atoms with E-state index >= 15 is 0 Å². The summed E-state index contributed by atoms with van der Waals surface area (Å²) in [5.74, 6) is 0.827. The molecule has 0 amide bonds. The molecule has 7 rings (SSSR count). The molecule has 1 aliphatic rings. The second-order valence-corrected chi connectivity index (χ2v) is 10.3. The summed E-state index contributed by atoms with van der Waals surface area (Å²) in [4.78, 5) is 4.70. The number of nitrogens with zero attached hydrogens (tertiary/aromatic N) is 1. The van der Waals surface area contributed by atoms with Gasteiger partial charge >= 0.3 is 0 Å². The maximum Gasteiger partial charge on any atom is 0.136 e. The molecule has 0 bridgehead atoms. The second kappa shape index (κ2) is 9.37. The van der Waals surface area contributed by atoms with Crippen LogP contribution in [0.25, 0.3) is 55.4 Å². The minimum atomic E-state index is 0.827. The predicted octanol–water partition coefficient (Wildman–Crippen LogP) is 9.71. The summed E-state index contributed by atoms with van der Waals surface area (Å²) in [6.45, 7) is 0. The zero-order valence-corrected chi connectivity index (χ0v) is 20.9. The van der Waals surface area contributed by atoms with Crippen molar-refractivity contribution < 1.29 is 4.42 Å². The Labute approximate surface area is 217 Å². The van der Waals surface area contributed by atoms with Crippen LogP contribution in [0.15, 0.2) is 114 Å². The van der Waals surface area contributed by atoms with Crippen molar-refractivity contribution in [1.29, 1.82) is 0 Å². The van der Waals surface area contributed by atoms with E-state index in [9.17, 15) is 0 Å². The molecule has 0 spiro atoms. The number of benzene rings is 4. The highest BCUT2D eigenvalue weighted by atomic mass is 16.3. The van der Waals surface area contributed by atoms with Crippen LogP contribution in [0.2, 0.25) is 0 Å². The van der Waals surface area contributed by atoms with Crippen LogP contribution in [-0.2, 0) is 6.42 Å². The Kier molecular flexibility index (Phi) is 5.59. The number of pyridine rings is 1. The summed E-state index contributed by atoms with van der Waals surface area (Å²) in [6, 6.07) is 36.7. The molecule has 4 aromatic carbocycles. The SMILES string of the molecule is c1ccc(-c2ccc(-c3cccc4oc5cc(-c6cc(CC7CCCC7)ccn6)ccc5c34)cc2)cc1. The van der Waals surface area contributed by atoms with E-state index in [-0.39, 0.29) is 0 Å². The van der Waals surface area contributed by atoms with Crippen LogP contribution in [0.1, 0.15) is 31.2 Å². The van der Waals surface area contributed by atoms with Gasteiger partial charge < -0.3 is 4.42 Å². The minimum Gasteiger partial charge on any atom is -0.456 e. The van der Waals surface area contributed by atoms with Crippen molar-refractivity contribution in [2.75, 3.05) is 0 Å². The molecular weight excluding hydrogens is 450 g/mol. The van der Waals surface area contributed by atoms with Crippen molar-refractivity contribution in [3.8, 4) is 33.5 Å². The maximum absolute atomic E-state index is 6.38. The van der Waals surface area contributed by atoms with Gasteiger partial charge in [-0.15, -0.1) is 0 Å². The lowest BCUT2D eigenvalue weighted by Crippen LogP contribution is -1.99. The molecule has 2 heterocycles. The van der Waals surface area contributed by atoms with Gasteiger partial charge in [0.05, 0.1) is 5.69 Å². The molecule has 1 aliphatic carbocycles. The zero-order valence-electron chi connectivity index (χ0n) is 20.9. The van der Waals surface area contributed by atoms with E-state index in [0.29, 0.717) is 0 Å². The molecule has 0 aliphatic heterocycles. The lowest BCUT2D eigenvalue weighted by atomic mass is 9.96.